The zero-order chi connectivity index (χ0) is 14.3. The number of alkyl halides is 3. The van der Waals surface area contributed by atoms with Crippen LogP contribution in [0.3, 0.4) is 0 Å². The van der Waals surface area contributed by atoms with Crippen molar-refractivity contribution in [2.45, 2.75) is 19.0 Å². The molecule has 0 fully saturated rings. The van der Waals surface area contributed by atoms with Crippen molar-refractivity contribution in [3.05, 3.63) is 34.9 Å². The van der Waals surface area contributed by atoms with Crippen molar-refractivity contribution in [1.82, 2.24) is 0 Å². The fraction of sp³-hybridized carbons (Fsp3) is 0.538. The van der Waals surface area contributed by atoms with E-state index in [1.807, 2.05) is 18.2 Å². The van der Waals surface area contributed by atoms with E-state index in [1.165, 1.54) is 0 Å². The van der Waals surface area contributed by atoms with Crippen molar-refractivity contribution in [2.75, 3.05) is 19.8 Å². The minimum Gasteiger partial charge on any atom is -0.372 e. The van der Waals surface area contributed by atoms with E-state index in [9.17, 15) is 13.2 Å². The fourth-order valence-corrected chi connectivity index (χ4v) is 1.95. The van der Waals surface area contributed by atoms with Gasteiger partial charge < -0.3 is 10.5 Å². The molecule has 108 valence electrons. The number of nitrogens with two attached hydrogens (primary N) is 1. The van der Waals surface area contributed by atoms with Crippen molar-refractivity contribution in [2.24, 2.45) is 11.7 Å². The van der Waals surface area contributed by atoms with E-state index in [-0.39, 0.29) is 12.5 Å². The molecule has 6 heteroatoms. The molecular formula is C13H17ClF3NO. The standard InChI is InChI=1S/C13H17ClF3NO/c14-12-3-1-2-10(7-12)6-11(8-18)4-5-19-9-13(15,16)17/h1-3,7,11H,4-6,8-9,18H2. The van der Waals surface area contributed by atoms with Crippen LogP contribution in [0.15, 0.2) is 24.3 Å². The van der Waals surface area contributed by atoms with Gasteiger partial charge in [0, 0.05) is 11.6 Å². The van der Waals surface area contributed by atoms with Crippen LogP contribution in [-0.4, -0.2) is 25.9 Å². The smallest absolute Gasteiger partial charge is 0.372 e. The van der Waals surface area contributed by atoms with E-state index in [1.54, 1.807) is 6.07 Å². The maximum Gasteiger partial charge on any atom is 0.411 e. The average Bonchev–Trinajstić information content (AvgIpc) is 2.32. The van der Waals surface area contributed by atoms with E-state index in [4.69, 9.17) is 17.3 Å². The molecule has 0 aliphatic heterocycles. The first-order valence-electron chi connectivity index (χ1n) is 5.99. The molecule has 2 nitrogen and oxygen atoms in total. The van der Waals surface area contributed by atoms with Crippen LogP contribution >= 0.6 is 11.6 Å². The summed E-state index contributed by atoms with van der Waals surface area (Å²) in [5.41, 5.74) is 6.64. The molecule has 1 aromatic carbocycles. The molecular weight excluding hydrogens is 279 g/mol. The molecule has 0 spiro atoms. The van der Waals surface area contributed by atoms with Crippen LogP contribution in [0.25, 0.3) is 0 Å². The first-order valence-corrected chi connectivity index (χ1v) is 6.37. The Labute approximate surface area is 115 Å². The van der Waals surface area contributed by atoms with Gasteiger partial charge in [0.05, 0.1) is 0 Å². The molecule has 1 aromatic rings. The van der Waals surface area contributed by atoms with Crippen LogP contribution in [-0.2, 0) is 11.2 Å². The molecule has 2 N–H and O–H groups in total. The minimum absolute atomic E-state index is 0.0575. The number of hydrogen-bond donors (Lipinski definition) is 1. The largest absolute Gasteiger partial charge is 0.411 e. The molecule has 1 unspecified atom stereocenters. The van der Waals surface area contributed by atoms with Gasteiger partial charge in [-0.2, -0.15) is 13.2 Å². The van der Waals surface area contributed by atoms with Crippen molar-refractivity contribution >= 4 is 11.6 Å². The summed E-state index contributed by atoms with van der Waals surface area (Å²) in [4.78, 5) is 0. The van der Waals surface area contributed by atoms with E-state index in [0.717, 1.165) is 5.56 Å². The lowest BCUT2D eigenvalue weighted by Crippen LogP contribution is -2.22. The van der Waals surface area contributed by atoms with Crippen molar-refractivity contribution in [3.8, 4) is 0 Å². The third-order valence-corrected chi connectivity index (χ3v) is 2.92. The van der Waals surface area contributed by atoms with E-state index >= 15 is 0 Å². The average molecular weight is 296 g/mol. The van der Waals surface area contributed by atoms with Crippen LogP contribution < -0.4 is 5.73 Å². The molecule has 19 heavy (non-hydrogen) atoms. The predicted molar refractivity (Wildman–Crippen MR) is 69.2 cm³/mol. The predicted octanol–water partition coefficient (Wildman–Crippen LogP) is 3.43. The van der Waals surface area contributed by atoms with Crippen LogP contribution in [0.4, 0.5) is 13.2 Å². The summed E-state index contributed by atoms with van der Waals surface area (Å²) >= 11 is 5.87. The van der Waals surface area contributed by atoms with E-state index in [2.05, 4.69) is 4.74 Å². The number of benzene rings is 1. The van der Waals surface area contributed by atoms with Gasteiger partial charge in [-0.05, 0) is 43.0 Å². The molecule has 0 heterocycles. The zero-order valence-electron chi connectivity index (χ0n) is 10.4. The summed E-state index contributed by atoms with van der Waals surface area (Å²) in [7, 11) is 0. The third-order valence-electron chi connectivity index (χ3n) is 2.68. The molecule has 1 rings (SSSR count). The highest BCUT2D eigenvalue weighted by atomic mass is 35.5. The monoisotopic (exact) mass is 295 g/mol. The SMILES string of the molecule is NCC(CCOCC(F)(F)F)Cc1cccc(Cl)c1. The molecule has 0 saturated heterocycles. The van der Waals surface area contributed by atoms with Crippen LogP contribution in [0.2, 0.25) is 5.02 Å². The topological polar surface area (TPSA) is 35.2 Å². The summed E-state index contributed by atoms with van der Waals surface area (Å²) in [5, 5.41) is 0.640. The number of rotatable bonds is 7. The highest BCUT2D eigenvalue weighted by Gasteiger charge is 2.27. The first-order chi connectivity index (χ1) is 8.90. The van der Waals surface area contributed by atoms with Crippen molar-refractivity contribution in [3.63, 3.8) is 0 Å². The molecule has 0 aliphatic carbocycles. The highest BCUT2D eigenvalue weighted by Crippen LogP contribution is 2.17. The molecule has 0 aliphatic rings. The second-order valence-corrected chi connectivity index (χ2v) is 4.83. The second kappa shape index (κ2) is 7.72. The van der Waals surface area contributed by atoms with E-state index < -0.39 is 12.8 Å². The molecule has 0 bridgehead atoms. The van der Waals surface area contributed by atoms with Gasteiger partial charge in [0.25, 0.3) is 0 Å². The Kier molecular flexibility index (Phi) is 6.62. The Balaban J connectivity index is 2.34. The van der Waals surface area contributed by atoms with Gasteiger partial charge in [0.1, 0.15) is 6.61 Å². The number of halogens is 4. The maximum absolute atomic E-state index is 11.9. The summed E-state index contributed by atoms with van der Waals surface area (Å²) in [6.45, 7) is -0.745. The molecule has 0 saturated carbocycles. The van der Waals surface area contributed by atoms with Gasteiger partial charge in [0.15, 0.2) is 0 Å². The Bertz CT molecular complexity index is 384. The molecule has 0 radical (unpaired) electrons. The van der Waals surface area contributed by atoms with Crippen molar-refractivity contribution in [1.29, 1.82) is 0 Å². The Hall–Kier alpha value is -0.780. The van der Waals surface area contributed by atoms with Crippen LogP contribution in [0.5, 0.6) is 0 Å². The summed E-state index contributed by atoms with van der Waals surface area (Å²) < 4.78 is 40.3. The maximum atomic E-state index is 11.9. The highest BCUT2D eigenvalue weighted by molar-refractivity contribution is 6.30. The third kappa shape index (κ3) is 7.40. The fourth-order valence-electron chi connectivity index (χ4n) is 1.74. The Morgan fingerprint density at radius 2 is 2.05 bits per heavy atom. The molecule has 1 atom stereocenters. The summed E-state index contributed by atoms with van der Waals surface area (Å²) in [6.07, 6.45) is -3.09. The van der Waals surface area contributed by atoms with E-state index in [0.29, 0.717) is 24.4 Å². The first kappa shape index (κ1) is 16.3. The van der Waals surface area contributed by atoms with Crippen LogP contribution in [0.1, 0.15) is 12.0 Å². The lowest BCUT2D eigenvalue weighted by atomic mass is 9.97. The number of ether oxygens (including phenoxy) is 1. The minimum atomic E-state index is -4.27. The Morgan fingerprint density at radius 3 is 2.63 bits per heavy atom. The van der Waals surface area contributed by atoms with Crippen LogP contribution in [0, 0.1) is 5.92 Å². The zero-order valence-corrected chi connectivity index (χ0v) is 11.2. The van der Waals surface area contributed by atoms with Gasteiger partial charge in [-0.1, -0.05) is 23.7 Å². The molecule has 0 aromatic heterocycles. The van der Waals surface area contributed by atoms with Gasteiger partial charge in [-0.25, -0.2) is 0 Å². The number of hydrogen-bond acceptors (Lipinski definition) is 2. The van der Waals surface area contributed by atoms with Gasteiger partial charge >= 0.3 is 6.18 Å². The van der Waals surface area contributed by atoms with Gasteiger partial charge in [-0.3, -0.25) is 0 Å². The second-order valence-electron chi connectivity index (χ2n) is 4.39. The summed E-state index contributed by atoms with van der Waals surface area (Å²) in [5.74, 6) is 0.0895. The van der Waals surface area contributed by atoms with Gasteiger partial charge in [-0.15, -0.1) is 0 Å². The Morgan fingerprint density at radius 1 is 1.32 bits per heavy atom. The quantitative estimate of drug-likeness (QED) is 0.782. The molecule has 0 amide bonds. The normalized spacial score (nSPS) is 13.5. The lowest BCUT2D eigenvalue weighted by molar-refractivity contribution is -0.174. The lowest BCUT2D eigenvalue weighted by Gasteiger charge is -2.15. The van der Waals surface area contributed by atoms with Gasteiger partial charge in [0.2, 0.25) is 0 Å². The van der Waals surface area contributed by atoms with Crippen molar-refractivity contribution < 1.29 is 17.9 Å². The summed E-state index contributed by atoms with van der Waals surface area (Å²) in [6, 6.07) is 7.37.